The molecule has 1 aromatic heterocycles. The topological polar surface area (TPSA) is 55.0 Å². The van der Waals surface area contributed by atoms with Crippen LogP contribution in [-0.2, 0) is 6.42 Å². The van der Waals surface area contributed by atoms with E-state index in [4.69, 9.17) is 5.73 Å². The molecule has 2 heterocycles. The van der Waals surface area contributed by atoms with E-state index in [9.17, 15) is 0 Å². The lowest BCUT2D eigenvalue weighted by Crippen LogP contribution is -2.49. The Morgan fingerprint density at radius 1 is 1.50 bits per heavy atom. The fourth-order valence-electron chi connectivity index (χ4n) is 2.36. The van der Waals surface area contributed by atoms with E-state index in [1.165, 1.54) is 30.8 Å². The van der Waals surface area contributed by atoms with Gasteiger partial charge >= 0.3 is 0 Å². The van der Waals surface area contributed by atoms with Crippen LogP contribution in [0.5, 0.6) is 0 Å². The van der Waals surface area contributed by atoms with Crippen LogP contribution < -0.4 is 10.6 Å². The molecule has 2 unspecified atom stereocenters. The molecule has 1 saturated heterocycles. The summed E-state index contributed by atoms with van der Waals surface area (Å²) in [5.74, 6) is 0.952. The van der Waals surface area contributed by atoms with Gasteiger partial charge in [-0.25, -0.2) is 4.98 Å². The molecule has 1 aliphatic rings. The number of nitrogens with two attached hydrogens (primary N) is 1. The Labute approximate surface area is 101 Å². The first-order valence-electron chi connectivity index (χ1n) is 6.07. The van der Waals surface area contributed by atoms with Crippen molar-refractivity contribution < 1.29 is 0 Å². The standard InChI is InChI=1S/C11H20N4S/c1-3-10-13-11(16-14-10)15-8(2)5-4-6-9(15)7-12/h8-9H,3-7,12H2,1-2H3. The summed E-state index contributed by atoms with van der Waals surface area (Å²) in [4.78, 5) is 6.95. The first-order valence-corrected chi connectivity index (χ1v) is 6.84. The SMILES string of the molecule is CCc1nsc(N2C(C)CCCC2CN)n1. The largest absolute Gasteiger partial charge is 0.340 e. The van der Waals surface area contributed by atoms with Gasteiger partial charge in [-0.1, -0.05) is 6.92 Å². The summed E-state index contributed by atoms with van der Waals surface area (Å²) < 4.78 is 4.36. The predicted molar refractivity (Wildman–Crippen MR) is 67.9 cm³/mol. The van der Waals surface area contributed by atoms with Crippen LogP contribution in [0.4, 0.5) is 5.13 Å². The fraction of sp³-hybridized carbons (Fsp3) is 0.818. The summed E-state index contributed by atoms with van der Waals surface area (Å²) in [6.07, 6.45) is 4.60. The number of rotatable bonds is 3. The van der Waals surface area contributed by atoms with Gasteiger partial charge in [0.05, 0.1) is 0 Å². The van der Waals surface area contributed by atoms with E-state index in [1.54, 1.807) is 0 Å². The molecule has 0 aromatic carbocycles. The Morgan fingerprint density at radius 2 is 2.31 bits per heavy atom. The molecule has 16 heavy (non-hydrogen) atoms. The van der Waals surface area contributed by atoms with E-state index in [0.29, 0.717) is 18.6 Å². The molecular formula is C11H20N4S. The lowest BCUT2D eigenvalue weighted by molar-refractivity contribution is 0.400. The maximum atomic E-state index is 5.85. The van der Waals surface area contributed by atoms with E-state index >= 15 is 0 Å². The molecule has 0 radical (unpaired) electrons. The molecule has 0 spiro atoms. The van der Waals surface area contributed by atoms with Crippen LogP contribution in [0.15, 0.2) is 0 Å². The third-order valence-corrected chi connectivity index (χ3v) is 4.06. The highest BCUT2D eigenvalue weighted by atomic mass is 32.1. The van der Waals surface area contributed by atoms with Crippen molar-refractivity contribution >= 4 is 16.7 Å². The van der Waals surface area contributed by atoms with E-state index in [0.717, 1.165) is 17.4 Å². The summed E-state index contributed by atoms with van der Waals surface area (Å²) in [5, 5.41) is 1.06. The molecule has 5 heteroatoms. The monoisotopic (exact) mass is 240 g/mol. The van der Waals surface area contributed by atoms with E-state index < -0.39 is 0 Å². The van der Waals surface area contributed by atoms with Gasteiger partial charge in [0.1, 0.15) is 5.82 Å². The number of hydrogen-bond donors (Lipinski definition) is 1. The normalized spacial score (nSPS) is 26.1. The van der Waals surface area contributed by atoms with Crippen molar-refractivity contribution in [1.29, 1.82) is 0 Å². The van der Waals surface area contributed by atoms with E-state index in [2.05, 4.69) is 28.1 Å². The summed E-state index contributed by atoms with van der Waals surface area (Å²) in [6.45, 7) is 5.06. The van der Waals surface area contributed by atoms with Crippen LogP contribution >= 0.6 is 11.5 Å². The number of piperidine rings is 1. The highest BCUT2D eigenvalue weighted by molar-refractivity contribution is 7.09. The predicted octanol–water partition coefficient (Wildman–Crippen LogP) is 1.81. The van der Waals surface area contributed by atoms with Crippen molar-refractivity contribution in [3.05, 3.63) is 5.82 Å². The number of aryl methyl sites for hydroxylation is 1. The van der Waals surface area contributed by atoms with E-state index in [-0.39, 0.29) is 0 Å². The third kappa shape index (κ3) is 2.20. The molecule has 1 aliphatic heterocycles. The molecule has 0 aliphatic carbocycles. The smallest absolute Gasteiger partial charge is 0.205 e. The molecule has 1 aromatic rings. The second-order valence-corrected chi connectivity index (χ2v) is 5.15. The van der Waals surface area contributed by atoms with Gasteiger partial charge < -0.3 is 10.6 Å². The molecule has 2 atom stereocenters. The number of nitrogens with zero attached hydrogens (tertiary/aromatic N) is 3. The summed E-state index contributed by atoms with van der Waals surface area (Å²) in [6, 6.07) is 0.987. The third-order valence-electron chi connectivity index (χ3n) is 3.29. The Morgan fingerprint density at radius 3 is 2.94 bits per heavy atom. The maximum absolute atomic E-state index is 5.85. The van der Waals surface area contributed by atoms with Gasteiger partial charge in [0.2, 0.25) is 5.13 Å². The Balaban J connectivity index is 2.20. The van der Waals surface area contributed by atoms with Crippen LogP contribution in [0.2, 0.25) is 0 Å². The van der Waals surface area contributed by atoms with Crippen LogP contribution in [0.25, 0.3) is 0 Å². The van der Waals surface area contributed by atoms with Crippen LogP contribution in [-0.4, -0.2) is 28.0 Å². The van der Waals surface area contributed by atoms with Crippen molar-refractivity contribution in [2.24, 2.45) is 5.73 Å². The van der Waals surface area contributed by atoms with Crippen molar-refractivity contribution in [3.8, 4) is 0 Å². The van der Waals surface area contributed by atoms with Crippen LogP contribution in [0.3, 0.4) is 0 Å². The zero-order chi connectivity index (χ0) is 11.5. The van der Waals surface area contributed by atoms with Crippen LogP contribution in [0, 0.1) is 0 Å². The first kappa shape index (κ1) is 11.8. The molecule has 0 amide bonds. The lowest BCUT2D eigenvalue weighted by Gasteiger charge is -2.39. The van der Waals surface area contributed by atoms with Gasteiger partial charge in [-0.3, -0.25) is 0 Å². The highest BCUT2D eigenvalue weighted by Crippen LogP contribution is 2.29. The van der Waals surface area contributed by atoms with Crippen molar-refractivity contribution in [2.45, 2.75) is 51.6 Å². The van der Waals surface area contributed by atoms with Gasteiger partial charge in [-0.05, 0) is 26.2 Å². The Kier molecular flexibility index (Phi) is 3.76. The quantitative estimate of drug-likeness (QED) is 0.875. The summed E-state index contributed by atoms with van der Waals surface area (Å²) in [5.41, 5.74) is 5.85. The minimum Gasteiger partial charge on any atom is -0.340 e. The summed E-state index contributed by atoms with van der Waals surface area (Å²) in [7, 11) is 0. The molecule has 0 saturated carbocycles. The number of aromatic nitrogens is 2. The molecule has 0 bridgehead atoms. The first-order chi connectivity index (χ1) is 7.76. The second kappa shape index (κ2) is 5.10. The van der Waals surface area contributed by atoms with Gasteiger partial charge in [0.25, 0.3) is 0 Å². The molecule has 90 valence electrons. The van der Waals surface area contributed by atoms with Gasteiger partial charge in [0, 0.05) is 36.6 Å². The van der Waals surface area contributed by atoms with Crippen molar-refractivity contribution in [1.82, 2.24) is 9.36 Å². The van der Waals surface area contributed by atoms with Crippen molar-refractivity contribution in [3.63, 3.8) is 0 Å². The van der Waals surface area contributed by atoms with Crippen LogP contribution in [0.1, 0.15) is 38.9 Å². The Hall–Kier alpha value is -0.680. The molecule has 2 N–H and O–H groups in total. The number of hydrogen-bond acceptors (Lipinski definition) is 5. The van der Waals surface area contributed by atoms with Crippen molar-refractivity contribution in [2.75, 3.05) is 11.4 Å². The van der Waals surface area contributed by atoms with E-state index in [1.807, 2.05) is 0 Å². The molecule has 4 nitrogen and oxygen atoms in total. The molecular weight excluding hydrogens is 220 g/mol. The fourth-order valence-corrected chi connectivity index (χ4v) is 3.28. The average Bonchev–Trinajstić information content (AvgIpc) is 2.76. The zero-order valence-corrected chi connectivity index (χ0v) is 10.8. The van der Waals surface area contributed by atoms with Gasteiger partial charge in [-0.15, -0.1) is 0 Å². The number of anilines is 1. The van der Waals surface area contributed by atoms with Gasteiger partial charge in [0.15, 0.2) is 0 Å². The molecule has 1 fully saturated rings. The minimum absolute atomic E-state index is 0.446. The molecule has 2 rings (SSSR count). The van der Waals surface area contributed by atoms with Gasteiger partial charge in [-0.2, -0.15) is 4.37 Å². The Bertz CT molecular complexity index is 338. The zero-order valence-electron chi connectivity index (χ0n) is 10.0. The highest BCUT2D eigenvalue weighted by Gasteiger charge is 2.29. The second-order valence-electron chi connectivity index (χ2n) is 4.42. The maximum Gasteiger partial charge on any atom is 0.205 e. The summed E-state index contributed by atoms with van der Waals surface area (Å²) >= 11 is 1.51. The minimum atomic E-state index is 0.446. The average molecular weight is 240 g/mol. The lowest BCUT2D eigenvalue weighted by atomic mass is 9.97.